The lowest BCUT2D eigenvalue weighted by Crippen LogP contribution is -2.13. The third-order valence-corrected chi connectivity index (χ3v) is 4.38. The highest BCUT2D eigenvalue weighted by Gasteiger charge is 2.27. The van der Waals surface area contributed by atoms with Crippen LogP contribution in [-0.4, -0.2) is 22.8 Å². The molecule has 0 radical (unpaired) electrons. The van der Waals surface area contributed by atoms with Crippen LogP contribution in [0.5, 0.6) is 5.75 Å². The van der Waals surface area contributed by atoms with E-state index in [4.69, 9.17) is 16.3 Å². The Morgan fingerprint density at radius 3 is 2.76 bits per heavy atom. The second kappa shape index (κ2) is 7.01. The van der Waals surface area contributed by atoms with Crippen molar-refractivity contribution in [2.24, 2.45) is 0 Å². The Hall–Kier alpha value is -2.13. The average molecular weight is 392 g/mol. The summed E-state index contributed by atoms with van der Waals surface area (Å²) in [6, 6.07) is 5.21. The SMILES string of the molecule is Fc1ccc(Nc2ncnc3cc(Cl)sc23)c(OCCC(F)(F)F)c1. The number of benzene rings is 1. The molecule has 0 saturated heterocycles. The zero-order valence-corrected chi connectivity index (χ0v) is 14.0. The van der Waals surface area contributed by atoms with Crippen LogP contribution in [-0.2, 0) is 0 Å². The van der Waals surface area contributed by atoms with Crippen LogP contribution >= 0.6 is 22.9 Å². The van der Waals surface area contributed by atoms with Gasteiger partial charge in [0.05, 0.1) is 33.3 Å². The Morgan fingerprint density at radius 2 is 2.00 bits per heavy atom. The van der Waals surface area contributed by atoms with Crippen LogP contribution in [0, 0.1) is 5.82 Å². The molecule has 2 heterocycles. The first-order valence-corrected chi connectivity index (χ1v) is 8.17. The van der Waals surface area contributed by atoms with Gasteiger partial charge in [0, 0.05) is 6.07 Å². The molecule has 132 valence electrons. The molecule has 0 spiro atoms. The Morgan fingerprint density at radius 1 is 1.20 bits per heavy atom. The van der Waals surface area contributed by atoms with Gasteiger partial charge in [-0.3, -0.25) is 0 Å². The van der Waals surface area contributed by atoms with Crippen LogP contribution < -0.4 is 10.1 Å². The molecule has 2 aromatic heterocycles. The minimum atomic E-state index is -4.35. The van der Waals surface area contributed by atoms with Crippen molar-refractivity contribution in [3.8, 4) is 5.75 Å². The van der Waals surface area contributed by atoms with Crippen LogP contribution in [0.15, 0.2) is 30.6 Å². The number of ether oxygens (including phenoxy) is 1. The summed E-state index contributed by atoms with van der Waals surface area (Å²) in [6.07, 6.45) is -4.17. The molecule has 0 aliphatic heterocycles. The Labute approximate surface area is 148 Å². The van der Waals surface area contributed by atoms with Gasteiger partial charge in [-0.15, -0.1) is 11.3 Å². The fourth-order valence-corrected chi connectivity index (χ4v) is 3.15. The van der Waals surface area contributed by atoms with Gasteiger partial charge in [-0.1, -0.05) is 11.6 Å². The maximum atomic E-state index is 13.4. The molecule has 1 aromatic carbocycles. The molecule has 0 atom stereocenters. The molecule has 3 aromatic rings. The van der Waals surface area contributed by atoms with Crippen molar-refractivity contribution in [2.75, 3.05) is 11.9 Å². The van der Waals surface area contributed by atoms with Crippen molar-refractivity contribution < 1.29 is 22.3 Å². The molecule has 0 amide bonds. The Kier molecular flexibility index (Phi) is 4.96. The van der Waals surface area contributed by atoms with Crippen LogP contribution in [0.25, 0.3) is 10.2 Å². The number of hydrogen-bond donors (Lipinski definition) is 1. The molecule has 0 unspecified atom stereocenters. The standard InChI is InChI=1S/C15H10ClF4N3OS/c16-12-6-10-13(25-12)14(22-7-21-10)23-9-2-1-8(17)5-11(9)24-4-3-15(18,19)20/h1-2,5-7H,3-4H2,(H,21,22,23). The first kappa shape index (κ1) is 17.7. The third kappa shape index (κ3) is 4.49. The van der Waals surface area contributed by atoms with Crippen molar-refractivity contribution in [1.82, 2.24) is 9.97 Å². The van der Waals surface area contributed by atoms with Crippen molar-refractivity contribution >= 4 is 44.7 Å². The summed E-state index contributed by atoms with van der Waals surface area (Å²) in [7, 11) is 0. The Bertz CT molecular complexity index is 900. The van der Waals surface area contributed by atoms with E-state index in [1.54, 1.807) is 6.07 Å². The zero-order valence-electron chi connectivity index (χ0n) is 12.4. The van der Waals surface area contributed by atoms with E-state index in [0.717, 1.165) is 6.07 Å². The quantitative estimate of drug-likeness (QED) is 0.578. The monoisotopic (exact) mass is 391 g/mol. The summed E-state index contributed by atoms with van der Waals surface area (Å²) in [6.45, 7) is -0.619. The van der Waals surface area contributed by atoms with Gasteiger partial charge in [0.2, 0.25) is 0 Å². The van der Waals surface area contributed by atoms with Crippen LogP contribution in [0.4, 0.5) is 29.1 Å². The lowest BCUT2D eigenvalue weighted by molar-refractivity contribution is -0.139. The van der Waals surface area contributed by atoms with Crippen LogP contribution in [0.2, 0.25) is 4.34 Å². The number of alkyl halides is 3. The molecular weight excluding hydrogens is 382 g/mol. The number of nitrogens with one attached hydrogen (secondary N) is 1. The first-order chi connectivity index (χ1) is 11.8. The van der Waals surface area contributed by atoms with Crippen molar-refractivity contribution in [3.05, 3.63) is 40.7 Å². The van der Waals surface area contributed by atoms with Gasteiger partial charge in [0.25, 0.3) is 0 Å². The summed E-state index contributed by atoms with van der Waals surface area (Å²) in [5.41, 5.74) is 0.905. The van der Waals surface area contributed by atoms with E-state index >= 15 is 0 Å². The van der Waals surface area contributed by atoms with E-state index in [0.29, 0.717) is 20.4 Å². The second-order valence-corrected chi connectivity index (χ2v) is 6.65. The lowest BCUT2D eigenvalue weighted by atomic mass is 10.2. The van der Waals surface area contributed by atoms with Gasteiger partial charge in [-0.05, 0) is 18.2 Å². The summed E-state index contributed by atoms with van der Waals surface area (Å²) < 4.78 is 56.5. The number of anilines is 2. The fraction of sp³-hybridized carbons (Fsp3) is 0.200. The topological polar surface area (TPSA) is 47.0 Å². The predicted octanol–water partition coefficient (Wildman–Crippen LogP) is 5.56. The maximum absolute atomic E-state index is 13.4. The predicted molar refractivity (Wildman–Crippen MR) is 88.3 cm³/mol. The van der Waals surface area contributed by atoms with Gasteiger partial charge >= 0.3 is 6.18 Å². The number of thiophene rings is 1. The van der Waals surface area contributed by atoms with Crippen LogP contribution in [0.1, 0.15) is 6.42 Å². The summed E-state index contributed by atoms with van der Waals surface area (Å²) >= 11 is 7.21. The number of halogens is 5. The van der Waals surface area contributed by atoms with E-state index in [2.05, 4.69) is 15.3 Å². The van der Waals surface area contributed by atoms with Crippen molar-refractivity contribution in [1.29, 1.82) is 0 Å². The number of nitrogens with zero attached hydrogens (tertiary/aromatic N) is 2. The molecule has 4 nitrogen and oxygen atoms in total. The molecule has 10 heteroatoms. The minimum Gasteiger partial charge on any atom is -0.491 e. The molecule has 1 N–H and O–H groups in total. The second-order valence-electron chi connectivity index (χ2n) is 4.97. The van der Waals surface area contributed by atoms with Crippen molar-refractivity contribution in [3.63, 3.8) is 0 Å². The minimum absolute atomic E-state index is 0.0429. The van der Waals surface area contributed by atoms with E-state index in [1.807, 2.05) is 0 Å². The fourth-order valence-electron chi connectivity index (χ4n) is 2.04. The maximum Gasteiger partial charge on any atom is 0.392 e. The van der Waals surface area contributed by atoms with Crippen LogP contribution in [0.3, 0.4) is 0 Å². The molecule has 25 heavy (non-hydrogen) atoms. The normalized spacial score (nSPS) is 11.7. The number of fused-ring (bicyclic) bond motifs is 1. The van der Waals surface area contributed by atoms with Gasteiger partial charge in [-0.25, -0.2) is 14.4 Å². The molecule has 0 bridgehead atoms. The largest absolute Gasteiger partial charge is 0.491 e. The van der Waals surface area contributed by atoms with Gasteiger partial charge in [0.1, 0.15) is 17.9 Å². The highest BCUT2D eigenvalue weighted by Crippen LogP contribution is 2.35. The Balaban J connectivity index is 1.86. The van der Waals surface area contributed by atoms with E-state index < -0.39 is 25.0 Å². The highest BCUT2D eigenvalue weighted by molar-refractivity contribution is 7.23. The summed E-state index contributed by atoms with van der Waals surface area (Å²) in [4.78, 5) is 8.17. The van der Waals surface area contributed by atoms with E-state index in [9.17, 15) is 17.6 Å². The molecule has 0 saturated carbocycles. The average Bonchev–Trinajstić information content (AvgIpc) is 2.90. The lowest BCUT2D eigenvalue weighted by Gasteiger charge is -2.14. The zero-order chi connectivity index (χ0) is 18.0. The smallest absolute Gasteiger partial charge is 0.392 e. The van der Waals surface area contributed by atoms with E-state index in [1.165, 1.54) is 29.8 Å². The van der Waals surface area contributed by atoms with Gasteiger partial charge in [-0.2, -0.15) is 13.2 Å². The highest BCUT2D eigenvalue weighted by atomic mass is 35.5. The third-order valence-electron chi connectivity index (χ3n) is 3.12. The van der Waals surface area contributed by atoms with Gasteiger partial charge < -0.3 is 10.1 Å². The van der Waals surface area contributed by atoms with Gasteiger partial charge in [0.15, 0.2) is 5.82 Å². The summed E-state index contributed by atoms with van der Waals surface area (Å²) in [5.74, 6) is -0.271. The molecular formula is C15H10ClF4N3OS. The molecule has 0 fully saturated rings. The summed E-state index contributed by atoms with van der Waals surface area (Å²) in [5, 5.41) is 2.93. The number of rotatable bonds is 5. The molecule has 3 rings (SSSR count). The molecule has 0 aliphatic rings. The first-order valence-electron chi connectivity index (χ1n) is 6.98. The van der Waals surface area contributed by atoms with E-state index in [-0.39, 0.29) is 11.4 Å². The number of aromatic nitrogens is 2. The molecule has 0 aliphatic carbocycles. The number of hydrogen-bond acceptors (Lipinski definition) is 5. The van der Waals surface area contributed by atoms with Crippen molar-refractivity contribution in [2.45, 2.75) is 12.6 Å².